The molecule has 0 fully saturated rings. The number of aryl methyl sites for hydroxylation is 1. The Bertz CT molecular complexity index is 594. The Morgan fingerprint density at radius 2 is 1.61 bits per heavy atom. The molecule has 0 atom stereocenters. The molecule has 2 aromatic carbocycles. The van der Waals surface area contributed by atoms with Crippen LogP contribution in [-0.4, -0.2) is 7.11 Å². The first kappa shape index (κ1) is 13.5. The van der Waals surface area contributed by atoms with E-state index < -0.39 is 0 Å². The summed E-state index contributed by atoms with van der Waals surface area (Å²) >= 11 is 18.5. The van der Waals surface area contributed by atoms with E-state index >= 15 is 0 Å². The van der Waals surface area contributed by atoms with E-state index in [1.165, 1.54) is 0 Å². The molecule has 18 heavy (non-hydrogen) atoms. The summed E-state index contributed by atoms with van der Waals surface area (Å²) in [7, 11) is 1.63. The minimum atomic E-state index is 0.470. The molecule has 94 valence electrons. The van der Waals surface area contributed by atoms with Gasteiger partial charge in [-0.2, -0.15) is 0 Å². The van der Waals surface area contributed by atoms with E-state index in [4.69, 9.17) is 39.5 Å². The predicted molar refractivity (Wildman–Crippen MR) is 78.2 cm³/mol. The van der Waals surface area contributed by atoms with Gasteiger partial charge in [-0.3, -0.25) is 0 Å². The molecular formula is C14H11Cl3O. The number of hydrogen-bond donors (Lipinski definition) is 0. The molecule has 1 nitrogen and oxygen atoms in total. The van der Waals surface area contributed by atoms with Crippen LogP contribution in [-0.2, 0) is 0 Å². The predicted octanol–water partition coefficient (Wildman–Crippen LogP) is 5.63. The van der Waals surface area contributed by atoms with E-state index in [0.717, 1.165) is 22.4 Å². The van der Waals surface area contributed by atoms with Crippen LogP contribution in [0.5, 0.6) is 5.75 Å². The van der Waals surface area contributed by atoms with Crippen LogP contribution >= 0.6 is 34.8 Å². The van der Waals surface area contributed by atoms with Crippen LogP contribution in [0.4, 0.5) is 0 Å². The van der Waals surface area contributed by atoms with Crippen molar-refractivity contribution in [1.29, 1.82) is 0 Å². The maximum Gasteiger partial charge on any atom is 0.119 e. The lowest BCUT2D eigenvalue weighted by Crippen LogP contribution is -1.89. The quantitative estimate of drug-likeness (QED) is 0.653. The van der Waals surface area contributed by atoms with Gasteiger partial charge in [0.05, 0.1) is 22.2 Å². The Morgan fingerprint density at radius 3 is 2.22 bits per heavy atom. The standard InChI is InChI=1S/C14H11Cl3O/c1-8-7-9(18-2)3-4-10(8)13-11(15)5-6-12(16)14(13)17/h3-7H,1-2H3. The van der Waals surface area contributed by atoms with Gasteiger partial charge >= 0.3 is 0 Å². The first-order chi connectivity index (χ1) is 8.54. The van der Waals surface area contributed by atoms with Crippen molar-refractivity contribution in [2.45, 2.75) is 6.92 Å². The zero-order chi connectivity index (χ0) is 13.3. The third-order valence-corrected chi connectivity index (χ3v) is 3.87. The second-order valence-electron chi connectivity index (χ2n) is 3.90. The third kappa shape index (κ3) is 2.44. The van der Waals surface area contributed by atoms with Crippen LogP contribution in [0, 0.1) is 6.92 Å². The second-order valence-corrected chi connectivity index (χ2v) is 5.09. The maximum absolute atomic E-state index is 6.23. The summed E-state index contributed by atoms with van der Waals surface area (Å²) < 4.78 is 5.18. The van der Waals surface area contributed by atoms with Gasteiger partial charge in [0, 0.05) is 5.56 Å². The molecule has 2 rings (SSSR count). The van der Waals surface area contributed by atoms with Crippen LogP contribution < -0.4 is 4.74 Å². The zero-order valence-electron chi connectivity index (χ0n) is 9.93. The highest BCUT2D eigenvalue weighted by Crippen LogP contribution is 2.40. The Labute approximate surface area is 121 Å². The third-order valence-electron chi connectivity index (χ3n) is 2.75. The lowest BCUT2D eigenvalue weighted by atomic mass is 10.00. The van der Waals surface area contributed by atoms with Crippen LogP contribution in [0.15, 0.2) is 30.3 Å². The SMILES string of the molecule is COc1ccc(-c2c(Cl)ccc(Cl)c2Cl)c(C)c1. The number of halogens is 3. The Balaban J connectivity index is 2.66. The van der Waals surface area contributed by atoms with Crippen molar-refractivity contribution in [3.63, 3.8) is 0 Å². The smallest absolute Gasteiger partial charge is 0.119 e. The minimum Gasteiger partial charge on any atom is -0.497 e. The van der Waals surface area contributed by atoms with Gasteiger partial charge < -0.3 is 4.74 Å². The topological polar surface area (TPSA) is 9.23 Å². The molecular weight excluding hydrogens is 291 g/mol. The van der Waals surface area contributed by atoms with Crippen molar-refractivity contribution in [2.24, 2.45) is 0 Å². The fraction of sp³-hybridized carbons (Fsp3) is 0.143. The zero-order valence-corrected chi connectivity index (χ0v) is 12.2. The molecule has 0 saturated carbocycles. The Kier molecular flexibility index (Phi) is 4.06. The van der Waals surface area contributed by atoms with Gasteiger partial charge in [0.1, 0.15) is 5.75 Å². The van der Waals surface area contributed by atoms with E-state index in [2.05, 4.69) is 0 Å². The largest absolute Gasteiger partial charge is 0.497 e. The van der Waals surface area contributed by atoms with Gasteiger partial charge in [-0.1, -0.05) is 40.9 Å². The highest BCUT2D eigenvalue weighted by atomic mass is 35.5. The van der Waals surface area contributed by atoms with Crippen molar-refractivity contribution >= 4 is 34.8 Å². The van der Waals surface area contributed by atoms with Gasteiger partial charge in [0.2, 0.25) is 0 Å². The van der Waals surface area contributed by atoms with Gasteiger partial charge in [0.15, 0.2) is 0 Å². The summed E-state index contributed by atoms with van der Waals surface area (Å²) in [6.45, 7) is 1.98. The molecule has 0 saturated heterocycles. The molecule has 0 aromatic heterocycles. The van der Waals surface area contributed by atoms with Gasteiger partial charge in [-0.25, -0.2) is 0 Å². The van der Waals surface area contributed by atoms with Crippen LogP contribution in [0.1, 0.15) is 5.56 Å². The van der Waals surface area contributed by atoms with E-state index in [0.29, 0.717) is 15.1 Å². The van der Waals surface area contributed by atoms with Crippen molar-refractivity contribution in [1.82, 2.24) is 0 Å². The van der Waals surface area contributed by atoms with Crippen molar-refractivity contribution < 1.29 is 4.74 Å². The number of hydrogen-bond acceptors (Lipinski definition) is 1. The highest BCUT2D eigenvalue weighted by molar-refractivity contribution is 6.46. The second kappa shape index (κ2) is 5.40. The summed E-state index contributed by atoms with van der Waals surface area (Å²) in [6.07, 6.45) is 0. The fourth-order valence-electron chi connectivity index (χ4n) is 1.82. The van der Waals surface area contributed by atoms with Crippen LogP contribution in [0.25, 0.3) is 11.1 Å². The first-order valence-corrected chi connectivity index (χ1v) is 6.46. The van der Waals surface area contributed by atoms with Crippen molar-refractivity contribution in [3.05, 3.63) is 51.0 Å². The minimum absolute atomic E-state index is 0.470. The number of rotatable bonds is 2. The molecule has 0 aliphatic heterocycles. The molecule has 0 heterocycles. The number of methoxy groups -OCH3 is 1. The molecule has 0 aliphatic carbocycles. The Hall–Kier alpha value is -0.890. The lowest BCUT2D eigenvalue weighted by Gasteiger charge is -2.12. The van der Waals surface area contributed by atoms with Gasteiger partial charge in [-0.15, -0.1) is 0 Å². The molecule has 0 spiro atoms. The molecule has 0 unspecified atom stereocenters. The maximum atomic E-state index is 6.23. The normalized spacial score (nSPS) is 10.5. The molecule has 4 heteroatoms. The molecule has 0 radical (unpaired) electrons. The molecule has 0 amide bonds. The summed E-state index contributed by atoms with van der Waals surface area (Å²) in [4.78, 5) is 0. The van der Waals surface area contributed by atoms with E-state index in [1.54, 1.807) is 19.2 Å². The van der Waals surface area contributed by atoms with E-state index in [-0.39, 0.29) is 0 Å². The van der Waals surface area contributed by atoms with Crippen molar-refractivity contribution in [2.75, 3.05) is 7.11 Å². The van der Waals surface area contributed by atoms with Crippen LogP contribution in [0.2, 0.25) is 15.1 Å². The molecule has 0 N–H and O–H groups in total. The number of ether oxygens (including phenoxy) is 1. The molecule has 0 bridgehead atoms. The summed E-state index contributed by atoms with van der Waals surface area (Å²) in [5.41, 5.74) is 2.74. The lowest BCUT2D eigenvalue weighted by molar-refractivity contribution is 0.414. The Morgan fingerprint density at radius 1 is 0.944 bits per heavy atom. The average Bonchev–Trinajstić information content (AvgIpc) is 2.36. The van der Waals surface area contributed by atoms with Gasteiger partial charge in [0.25, 0.3) is 0 Å². The summed E-state index contributed by atoms with van der Waals surface area (Å²) in [5, 5.41) is 1.54. The monoisotopic (exact) mass is 300 g/mol. The summed E-state index contributed by atoms with van der Waals surface area (Å²) in [6, 6.07) is 9.17. The number of benzene rings is 2. The fourth-order valence-corrected chi connectivity index (χ4v) is 2.55. The molecule has 2 aromatic rings. The van der Waals surface area contributed by atoms with E-state index in [1.807, 2.05) is 25.1 Å². The van der Waals surface area contributed by atoms with Gasteiger partial charge in [-0.05, 0) is 42.3 Å². The molecule has 0 aliphatic rings. The van der Waals surface area contributed by atoms with Crippen LogP contribution in [0.3, 0.4) is 0 Å². The summed E-state index contributed by atoms with van der Waals surface area (Å²) in [5.74, 6) is 0.797. The highest BCUT2D eigenvalue weighted by Gasteiger charge is 2.14. The van der Waals surface area contributed by atoms with Crippen molar-refractivity contribution in [3.8, 4) is 16.9 Å². The average molecular weight is 302 g/mol. The van der Waals surface area contributed by atoms with E-state index in [9.17, 15) is 0 Å². The first-order valence-electron chi connectivity index (χ1n) is 5.33.